The summed E-state index contributed by atoms with van der Waals surface area (Å²) in [5, 5.41) is 7.87. The van der Waals surface area contributed by atoms with E-state index in [1.807, 2.05) is 24.9 Å². The molecule has 0 fully saturated rings. The van der Waals surface area contributed by atoms with Crippen LogP contribution in [0.3, 0.4) is 0 Å². The predicted octanol–water partition coefficient (Wildman–Crippen LogP) is 4.92. The average molecular weight is 386 g/mol. The van der Waals surface area contributed by atoms with E-state index in [-0.39, 0.29) is 11.6 Å². The molecule has 4 rings (SSSR count). The first-order valence-corrected chi connectivity index (χ1v) is 9.99. The number of nitrogens with zero attached hydrogens (tertiary/aromatic N) is 3. The number of allylic oxidation sites excluding steroid dienone is 1. The van der Waals surface area contributed by atoms with Crippen molar-refractivity contribution in [3.63, 3.8) is 0 Å². The van der Waals surface area contributed by atoms with Gasteiger partial charge in [0.2, 0.25) is 0 Å². The number of aromatic nitrogens is 2. The fraction of sp³-hybridized carbons (Fsp3) is 0.292. The molecule has 0 aliphatic carbocycles. The molecule has 148 valence electrons. The van der Waals surface area contributed by atoms with Crippen molar-refractivity contribution in [2.75, 3.05) is 0 Å². The molecule has 0 bridgehead atoms. The van der Waals surface area contributed by atoms with Crippen molar-refractivity contribution < 1.29 is 0 Å². The zero-order chi connectivity index (χ0) is 20.7. The zero-order valence-corrected chi connectivity index (χ0v) is 17.4. The van der Waals surface area contributed by atoms with Crippen LogP contribution in [-0.2, 0) is 0 Å². The molecule has 1 aromatic carbocycles. The number of aryl methyl sites for hydroxylation is 3. The maximum atomic E-state index is 13.0. The Morgan fingerprint density at radius 1 is 1.24 bits per heavy atom. The first-order chi connectivity index (χ1) is 13.9. The second-order valence-electron chi connectivity index (χ2n) is 7.77. The molecule has 0 amide bonds. The van der Waals surface area contributed by atoms with Crippen LogP contribution in [0.25, 0.3) is 10.9 Å². The van der Waals surface area contributed by atoms with Crippen LogP contribution in [0.15, 0.2) is 58.7 Å². The van der Waals surface area contributed by atoms with Crippen LogP contribution in [0, 0.1) is 20.8 Å². The summed E-state index contributed by atoms with van der Waals surface area (Å²) in [7, 11) is 0. The third-order valence-electron chi connectivity index (χ3n) is 5.69. The first-order valence-electron chi connectivity index (χ1n) is 9.99. The van der Waals surface area contributed by atoms with E-state index in [9.17, 15) is 4.79 Å². The third kappa shape index (κ3) is 3.37. The van der Waals surface area contributed by atoms with Gasteiger partial charge in [-0.2, -0.15) is 5.10 Å². The standard InChI is InChI=1S/C24H26N4O/c1-6-16(4)28-22(18-9-7-14(2)8-10-18)12-20(27-28)23-17(5)19-11-15(3)25-13-21(19)26-24(23)29/h7-11,13,22H,4,6,12H2,1-3,5H3,(H,26,29). The Balaban J connectivity index is 1.83. The maximum Gasteiger partial charge on any atom is 0.257 e. The van der Waals surface area contributed by atoms with Crippen molar-refractivity contribution in [2.24, 2.45) is 5.10 Å². The van der Waals surface area contributed by atoms with Gasteiger partial charge in [0.25, 0.3) is 5.56 Å². The number of hydrazone groups is 1. The fourth-order valence-corrected chi connectivity index (χ4v) is 3.97. The summed E-state index contributed by atoms with van der Waals surface area (Å²) in [6, 6.07) is 10.6. The van der Waals surface area contributed by atoms with E-state index < -0.39 is 0 Å². The minimum absolute atomic E-state index is 0.0479. The number of benzene rings is 1. The van der Waals surface area contributed by atoms with Crippen molar-refractivity contribution >= 4 is 16.6 Å². The smallest absolute Gasteiger partial charge is 0.257 e. The average Bonchev–Trinajstić information content (AvgIpc) is 3.13. The Labute approximate surface area is 170 Å². The predicted molar refractivity (Wildman–Crippen MR) is 118 cm³/mol. The fourth-order valence-electron chi connectivity index (χ4n) is 3.97. The van der Waals surface area contributed by atoms with Crippen LogP contribution < -0.4 is 5.56 Å². The van der Waals surface area contributed by atoms with Crippen LogP contribution in [0.2, 0.25) is 0 Å². The lowest BCUT2D eigenvalue weighted by Gasteiger charge is -2.25. The molecule has 1 aliphatic rings. The molecule has 5 nitrogen and oxygen atoms in total. The number of fused-ring (bicyclic) bond motifs is 1. The van der Waals surface area contributed by atoms with Gasteiger partial charge in [-0.05, 0) is 44.4 Å². The molecule has 29 heavy (non-hydrogen) atoms. The van der Waals surface area contributed by atoms with E-state index in [4.69, 9.17) is 5.10 Å². The molecular weight excluding hydrogens is 360 g/mol. The van der Waals surface area contributed by atoms with Gasteiger partial charge in [0.1, 0.15) is 0 Å². The van der Waals surface area contributed by atoms with Crippen LogP contribution in [-0.4, -0.2) is 20.7 Å². The van der Waals surface area contributed by atoms with E-state index in [0.29, 0.717) is 12.0 Å². The summed E-state index contributed by atoms with van der Waals surface area (Å²) >= 11 is 0. The molecule has 0 spiro atoms. The highest BCUT2D eigenvalue weighted by atomic mass is 16.1. The van der Waals surface area contributed by atoms with E-state index in [1.54, 1.807) is 6.20 Å². The summed E-state index contributed by atoms with van der Waals surface area (Å²) in [5.41, 5.74) is 7.31. The Morgan fingerprint density at radius 3 is 2.66 bits per heavy atom. The van der Waals surface area contributed by atoms with Crippen LogP contribution in [0.5, 0.6) is 0 Å². The molecule has 3 aromatic rings. The molecule has 0 saturated carbocycles. The van der Waals surface area contributed by atoms with Crippen LogP contribution >= 0.6 is 0 Å². The molecule has 0 radical (unpaired) electrons. The van der Waals surface area contributed by atoms with E-state index in [1.165, 1.54) is 11.1 Å². The lowest BCUT2D eigenvalue weighted by Crippen LogP contribution is -2.20. The Morgan fingerprint density at radius 2 is 1.97 bits per heavy atom. The van der Waals surface area contributed by atoms with Crippen LogP contribution in [0.1, 0.15) is 53.8 Å². The minimum Gasteiger partial charge on any atom is -0.320 e. The molecule has 5 heteroatoms. The van der Waals surface area contributed by atoms with Gasteiger partial charge in [0.05, 0.1) is 29.0 Å². The van der Waals surface area contributed by atoms with Crippen molar-refractivity contribution in [1.29, 1.82) is 0 Å². The Bertz CT molecular complexity index is 1190. The highest BCUT2D eigenvalue weighted by Crippen LogP contribution is 2.36. The number of hydrogen-bond donors (Lipinski definition) is 1. The molecule has 1 N–H and O–H groups in total. The normalized spacial score (nSPS) is 16.3. The Hall–Kier alpha value is -3.21. The first kappa shape index (κ1) is 19.1. The van der Waals surface area contributed by atoms with Crippen molar-refractivity contribution in [3.8, 4) is 0 Å². The second-order valence-corrected chi connectivity index (χ2v) is 7.77. The third-order valence-corrected chi connectivity index (χ3v) is 5.69. The zero-order valence-electron chi connectivity index (χ0n) is 17.4. The summed E-state index contributed by atoms with van der Waals surface area (Å²) in [6.07, 6.45) is 3.19. The summed E-state index contributed by atoms with van der Waals surface area (Å²) in [6.45, 7) is 12.3. The number of H-pyrrole nitrogens is 1. The molecule has 1 unspecified atom stereocenters. The largest absolute Gasteiger partial charge is 0.320 e. The quantitative estimate of drug-likeness (QED) is 0.692. The number of hydrogen-bond acceptors (Lipinski definition) is 4. The van der Waals surface area contributed by atoms with Crippen LogP contribution in [0.4, 0.5) is 0 Å². The number of aromatic amines is 1. The summed E-state index contributed by atoms with van der Waals surface area (Å²) in [5.74, 6) is 0. The lowest BCUT2D eigenvalue weighted by molar-refractivity contribution is 0.293. The minimum atomic E-state index is -0.119. The number of nitrogens with one attached hydrogen (secondary N) is 1. The number of pyridine rings is 2. The maximum absolute atomic E-state index is 13.0. The van der Waals surface area contributed by atoms with Gasteiger partial charge in [0.15, 0.2) is 0 Å². The van der Waals surface area contributed by atoms with Gasteiger partial charge in [0, 0.05) is 23.2 Å². The van der Waals surface area contributed by atoms with Gasteiger partial charge < -0.3 is 4.98 Å². The molecule has 1 atom stereocenters. The SMILES string of the molecule is C=C(CC)N1N=C(c2c(C)c3cc(C)ncc3[nH]c2=O)CC1c1ccc(C)cc1. The Kier molecular flexibility index (Phi) is 4.82. The van der Waals surface area contributed by atoms with Crippen molar-refractivity contribution in [2.45, 2.75) is 46.6 Å². The van der Waals surface area contributed by atoms with Crippen molar-refractivity contribution in [3.05, 3.63) is 87.1 Å². The van der Waals surface area contributed by atoms with E-state index >= 15 is 0 Å². The van der Waals surface area contributed by atoms with E-state index in [0.717, 1.165) is 40.0 Å². The second kappa shape index (κ2) is 7.32. The summed E-state index contributed by atoms with van der Waals surface area (Å²) in [4.78, 5) is 20.2. The molecule has 2 aromatic heterocycles. The van der Waals surface area contributed by atoms with Gasteiger partial charge in [-0.15, -0.1) is 0 Å². The molecular formula is C24H26N4O. The highest BCUT2D eigenvalue weighted by Gasteiger charge is 2.32. The van der Waals surface area contributed by atoms with Gasteiger partial charge in [-0.1, -0.05) is 43.3 Å². The lowest BCUT2D eigenvalue weighted by atomic mass is 9.95. The summed E-state index contributed by atoms with van der Waals surface area (Å²) < 4.78 is 0. The molecule has 3 heterocycles. The van der Waals surface area contributed by atoms with Crippen molar-refractivity contribution in [1.82, 2.24) is 15.0 Å². The van der Waals surface area contributed by atoms with Gasteiger partial charge >= 0.3 is 0 Å². The topological polar surface area (TPSA) is 61.4 Å². The van der Waals surface area contributed by atoms with E-state index in [2.05, 4.69) is 54.7 Å². The van der Waals surface area contributed by atoms with Gasteiger partial charge in [-0.3, -0.25) is 14.8 Å². The highest BCUT2D eigenvalue weighted by molar-refractivity contribution is 6.05. The molecule has 1 aliphatic heterocycles. The number of rotatable bonds is 4. The molecule has 0 saturated heterocycles. The monoisotopic (exact) mass is 386 g/mol. The van der Waals surface area contributed by atoms with Gasteiger partial charge in [-0.25, -0.2) is 0 Å².